The van der Waals surface area contributed by atoms with Crippen LogP contribution in [0.25, 0.3) is 6.05 Å². The minimum Gasteiger partial charge on any atom is -0.454 e. The van der Waals surface area contributed by atoms with Gasteiger partial charge in [-0.1, -0.05) is 38.8 Å². The summed E-state index contributed by atoms with van der Waals surface area (Å²) in [5.74, 6) is 0.0473. The van der Waals surface area contributed by atoms with Gasteiger partial charge in [0.25, 0.3) is 0 Å². The first-order valence-corrected chi connectivity index (χ1v) is 4.86. The molecular formula is C14H18O3. The van der Waals surface area contributed by atoms with Gasteiger partial charge in [0.2, 0.25) is 6.75 Å². The van der Waals surface area contributed by atoms with Crippen molar-refractivity contribution < 1.29 is 28.3 Å². The molecule has 0 saturated heterocycles. The summed E-state index contributed by atoms with van der Waals surface area (Å²) in [7, 11) is 0. The van der Waals surface area contributed by atoms with Gasteiger partial charge in [0.15, 0.2) is 11.5 Å². The second kappa shape index (κ2) is 4.41. The molecule has 2 rings (SSSR count). The fraction of sp³-hybridized carbons (Fsp3) is 0.429. The van der Waals surface area contributed by atoms with E-state index in [-0.39, 0.29) is 17.1 Å². The molecule has 1 N–H and O–H groups in total. The van der Waals surface area contributed by atoms with E-state index in [1.54, 1.807) is 0 Å². The number of rotatable bonds is 2. The van der Waals surface area contributed by atoms with Crippen LogP contribution in [0.5, 0.6) is 11.5 Å². The molecule has 0 bridgehead atoms. The average Bonchev–Trinajstić information content (AvgIpc) is 2.75. The summed E-state index contributed by atoms with van der Waals surface area (Å²) in [6.45, 7) is -8.09. The highest BCUT2D eigenvalue weighted by molar-refractivity contribution is 5.56. The smallest absolute Gasteiger partial charge is 0.231 e. The maximum Gasteiger partial charge on any atom is 0.231 e. The van der Waals surface area contributed by atoms with Gasteiger partial charge in [0.1, 0.15) is 2.74 Å². The van der Waals surface area contributed by atoms with Gasteiger partial charge in [-0.25, -0.2) is 0 Å². The Balaban J connectivity index is 2.48. The van der Waals surface area contributed by atoms with Crippen molar-refractivity contribution in [3.8, 4) is 11.5 Å². The van der Waals surface area contributed by atoms with Gasteiger partial charge in [0.05, 0.1) is 8.82 Å². The van der Waals surface area contributed by atoms with E-state index < -0.39 is 38.0 Å². The molecule has 0 radical (unpaired) electrons. The highest BCUT2D eigenvalue weighted by Gasteiger charge is 2.19. The molecule has 92 valence electrons. The number of hydrogen-bond donors (Lipinski definition) is 1. The van der Waals surface area contributed by atoms with E-state index in [1.807, 2.05) is 0 Å². The van der Waals surface area contributed by atoms with Crippen molar-refractivity contribution in [1.82, 2.24) is 0 Å². The first-order valence-electron chi connectivity index (χ1n) is 9.86. The molecule has 1 atom stereocenters. The van der Waals surface area contributed by atoms with Gasteiger partial charge < -0.3 is 14.6 Å². The van der Waals surface area contributed by atoms with Crippen LogP contribution in [0.3, 0.4) is 0 Å². The molecule has 1 heterocycles. The van der Waals surface area contributed by atoms with Crippen LogP contribution in [0.15, 0.2) is 24.3 Å². The van der Waals surface area contributed by atoms with E-state index in [0.717, 1.165) is 6.92 Å². The highest BCUT2D eigenvalue weighted by Crippen LogP contribution is 2.33. The van der Waals surface area contributed by atoms with Crippen molar-refractivity contribution in [3.63, 3.8) is 0 Å². The third-order valence-electron chi connectivity index (χ3n) is 2.13. The Morgan fingerprint density at radius 3 is 3.12 bits per heavy atom. The van der Waals surface area contributed by atoms with Crippen LogP contribution >= 0.6 is 0 Å². The molecule has 1 aliphatic rings. The van der Waals surface area contributed by atoms with E-state index in [1.165, 1.54) is 18.2 Å². The number of benzene rings is 1. The lowest BCUT2D eigenvalue weighted by atomic mass is 9.89. The zero-order chi connectivity index (χ0) is 21.1. The summed E-state index contributed by atoms with van der Waals surface area (Å²) in [4.78, 5) is 0. The Hall–Kier alpha value is -1.48. The zero-order valence-corrected chi connectivity index (χ0v) is 9.07. The van der Waals surface area contributed by atoms with Gasteiger partial charge in [0, 0.05) is 8.22 Å². The molecular weight excluding hydrogens is 216 g/mol. The summed E-state index contributed by atoms with van der Waals surface area (Å²) in [5, 5.41) is 10.4. The fourth-order valence-electron chi connectivity index (χ4n) is 1.17. The van der Waals surface area contributed by atoms with Crippen LogP contribution < -0.4 is 9.47 Å². The molecule has 0 aromatic heterocycles. The Kier molecular flexibility index (Phi) is 1.21. The Labute approximate surface area is 116 Å². The molecule has 17 heavy (non-hydrogen) atoms. The van der Waals surface area contributed by atoms with Crippen LogP contribution in [0, 0.1) is 5.41 Å². The quantitative estimate of drug-likeness (QED) is 0.869. The van der Waals surface area contributed by atoms with Crippen LogP contribution in [-0.4, -0.2) is 17.9 Å². The Morgan fingerprint density at radius 2 is 2.35 bits per heavy atom. The molecule has 0 spiro atoms. The maximum absolute atomic E-state index is 10.4. The van der Waals surface area contributed by atoms with Crippen molar-refractivity contribution in [2.24, 2.45) is 5.41 Å². The third kappa shape index (κ3) is 2.80. The molecule has 3 nitrogen and oxygen atoms in total. The second-order valence-electron chi connectivity index (χ2n) is 3.75. The normalized spacial score (nSPS) is 32.0. The van der Waals surface area contributed by atoms with E-state index in [4.69, 9.17) is 23.2 Å². The lowest BCUT2D eigenvalue weighted by Crippen LogP contribution is -2.23. The van der Waals surface area contributed by atoms with Crippen LogP contribution in [0.2, 0.25) is 0 Å². The first-order chi connectivity index (χ1) is 11.9. The summed E-state index contributed by atoms with van der Waals surface area (Å²) in [6, 6.07) is 3.27. The Morgan fingerprint density at radius 1 is 1.59 bits per heavy atom. The molecule has 1 aromatic rings. The van der Waals surface area contributed by atoms with Gasteiger partial charge in [-0.05, 0) is 23.1 Å². The van der Waals surface area contributed by atoms with Gasteiger partial charge in [-0.2, -0.15) is 0 Å². The second-order valence-corrected chi connectivity index (χ2v) is 3.75. The molecule has 3 heteroatoms. The molecule has 0 amide bonds. The summed E-state index contributed by atoms with van der Waals surface area (Å²) in [6.07, 6.45) is -2.61. The fourth-order valence-corrected chi connectivity index (χ4v) is 1.17. The maximum atomic E-state index is 10.4. The molecule has 0 saturated carbocycles. The lowest BCUT2D eigenvalue weighted by molar-refractivity contribution is 0.106. The average molecular weight is 244 g/mol. The number of aliphatic hydroxyl groups is 1. The predicted octanol–water partition coefficient (Wildman–Crippen LogP) is 2.84. The highest BCUT2D eigenvalue weighted by atomic mass is 16.7. The number of fused-ring (bicyclic) bond motifs is 1. The topological polar surface area (TPSA) is 38.7 Å². The molecule has 0 fully saturated rings. The van der Waals surface area contributed by atoms with E-state index in [9.17, 15) is 5.11 Å². The van der Waals surface area contributed by atoms with E-state index >= 15 is 0 Å². The van der Waals surface area contributed by atoms with Crippen molar-refractivity contribution in [2.45, 2.75) is 26.7 Å². The number of ether oxygens (including phenoxy) is 2. The minimum atomic E-state index is -3.23. The molecule has 1 aliphatic heterocycles. The summed E-state index contributed by atoms with van der Waals surface area (Å²) < 4.78 is 85.7. The SMILES string of the molecule is [2H]/C(=C\C([2H])(O)C(C)(C([2H])([2H])[2H])C([2H])([2H])[2H])c1ccc2c(c1)OC([2H])([2H])O2. The van der Waals surface area contributed by atoms with E-state index in [2.05, 4.69) is 0 Å². The minimum absolute atomic E-state index is 0.0291. The molecule has 1 aromatic carbocycles. The standard InChI is InChI=1S/C14H18O3/c1-14(2,3)13(15)7-5-10-4-6-11-12(8-10)17-9-16-11/h4-8,13,15H,9H2,1-3H3/b7-5+/i1D3,2D3,5D,9D2,13D. The predicted molar refractivity (Wildman–Crippen MR) is 67.1 cm³/mol. The lowest BCUT2D eigenvalue weighted by Gasteiger charge is -2.22. The zero-order valence-electron chi connectivity index (χ0n) is 19.1. The van der Waals surface area contributed by atoms with Crippen molar-refractivity contribution >= 4 is 6.05 Å². The molecule has 1 unspecified atom stereocenters. The van der Waals surface area contributed by atoms with Gasteiger partial charge in [-0.15, -0.1) is 0 Å². The van der Waals surface area contributed by atoms with Crippen molar-refractivity contribution in [2.75, 3.05) is 6.75 Å². The summed E-state index contributed by atoms with van der Waals surface area (Å²) in [5.41, 5.74) is -2.83. The van der Waals surface area contributed by atoms with E-state index in [0.29, 0.717) is 6.08 Å². The van der Waals surface area contributed by atoms with Crippen LogP contribution in [0.4, 0.5) is 0 Å². The van der Waals surface area contributed by atoms with Crippen LogP contribution in [0.1, 0.15) is 39.9 Å². The van der Waals surface area contributed by atoms with Crippen molar-refractivity contribution in [3.05, 3.63) is 29.8 Å². The van der Waals surface area contributed by atoms with Crippen molar-refractivity contribution in [1.29, 1.82) is 0 Å². The van der Waals surface area contributed by atoms with Crippen LogP contribution in [-0.2, 0) is 0 Å². The first kappa shape index (κ1) is 4.65. The summed E-state index contributed by atoms with van der Waals surface area (Å²) >= 11 is 0. The monoisotopic (exact) mass is 244 g/mol. The largest absolute Gasteiger partial charge is 0.454 e. The number of hydrogen-bond acceptors (Lipinski definition) is 3. The van der Waals surface area contributed by atoms with Gasteiger partial charge in [-0.3, -0.25) is 0 Å². The third-order valence-corrected chi connectivity index (χ3v) is 2.13. The van der Waals surface area contributed by atoms with Gasteiger partial charge >= 0.3 is 0 Å². The Bertz CT molecular complexity index is 749. The molecule has 0 aliphatic carbocycles.